The highest BCUT2D eigenvalue weighted by atomic mass is 31.2. The van der Waals surface area contributed by atoms with Crippen molar-refractivity contribution < 1.29 is 32.9 Å². The number of likely N-dealkylation sites (N-methyl/N-ethyl adjacent to an activating group) is 1. The Labute approximate surface area is 291 Å². The Balaban J connectivity index is 4.24. The molecule has 0 spiro atoms. The van der Waals surface area contributed by atoms with E-state index in [1.807, 2.05) is 27.2 Å². The number of quaternary nitrogens is 1. The summed E-state index contributed by atoms with van der Waals surface area (Å²) in [4.78, 5) is 22.7. The van der Waals surface area contributed by atoms with Crippen molar-refractivity contribution in [3.05, 3.63) is 12.2 Å². The van der Waals surface area contributed by atoms with Crippen molar-refractivity contribution in [1.82, 2.24) is 5.32 Å². The van der Waals surface area contributed by atoms with Crippen molar-refractivity contribution in [3.8, 4) is 0 Å². The van der Waals surface area contributed by atoms with Gasteiger partial charge in [0.05, 0.1) is 39.9 Å². The lowest BCUT2D eigenvalue weighted by Gasteiger charge is -2.25. The predicted octanol–water partition coefficient (Wildman–Crippen LogP) is 10.0. The van der Waals surface area contributed by atoms with Gasteiger partial charge < -0.3 is 19.8 Å². The number of amides is 1. The predicted molar refractivity (Wildman–Crippen MR) is 198 cm³/mol. The van der Waals surface area contributed by atoms with E-state index >= 15 is 0 Å². The van der Waals surface area contributed by atoms with Crippen LogP contribution in [-0.2, 0) is 18.4 Å². The third-order valence-electron chi connectivity index (χ3n) is 8.76. The first-order valence-corrected chi connectivity index (χ1v) is 21.1. The second kappa shape index (κ2) is 31.2. The summed E-state index contributed by atoms with van der Waals surface area (Å²) >= 11 is 0. The number of hydrogen-bond acceptors (Lipinski definition) is 5. The van der Waals surface area contributed by atoms with Gasteiger partial charge in [-0.25, -0.2) is 4.57 Å². The molecule has 0 aliphatic heterocycles. The van der Waals surface area contributed by atoms with Crippen LogP contribution >= 0.6 is 7.82 Å². The molecule has 8 nitrogen and oxygen atoms in total. The van der Waals surface area contributed by atoms with Crippen molar-refractivity contribution in [2.75, 3.05) is 40.9 Å². The van der Waals surface area contributed by atoms with Crippen molar-refractivity contribution in [2.45, 2.75) is 187 Å². The highest BCUT2D eigenvalue weighted by molar-refractivity contribution is 7.47. The smallest absolute Gasteiger partial charge is 0.387 e. The number of aliphatic hydroxyl groups is 1. The Kier molecular flexibility index (Phi) is 30.7. The number of carbonyl (C=O) groups excluding carboxylic acids is 1. The van der Waals surface area contributed by atoms with Gasteiger partial charge in [-0.1, -0.05) is 161 Å². The molecule has 0 saturated carbocycles. The zero-order valence-electron chi connectivity index (χ0n) is 31.5. The molecule has 3 atom stereocenters. The van der Waals surface area contributed by atoms with Crippen LogP contribution in [0.5, 0.6) is 0 Å². The molecule has 0 heterocycles. The minimum Gasteiger partial charge on any atom is -0.387 e. The molecule has 280 valence electrons. The minimum absolute atomic E-state index is 0.0634. The fourth-order valence-corrected chi connectivity index (χ4v) is 6.31. The summed E-state index contributed by atoms with van der Waals surface area (Å²) in [5.41, 5.74) is 0. The molecular weight excluding hydrogens is 611 g/mol. The van der Waals surface area contributed by atoms with E-state index in [1.165, 1.54) is 109 Å². The molecule has 0 rings (SSSR count). The molecule has 0 saturated heterocycles. The molecule has 9 heteroatoms. The fraction of sp³-hybridized carbons (Fsp3) is 0.921. The second-order valence-corrected chi connectivity index (χ2v) is 16.1. The molecular formula is C38H78N2O6P+. The van der Waals surface area contributed by atoms with Gasteiger partial charge in [-0.05, 0) is 19.3 Å². The maximum Gasteiger partial charge on any atom is 0.472 e. The van der Waals surface area contributed by atoms with E-state index in [-0.39, 0.29) is 19.1 Å². The van der Waals surface area contributed by atoms with Crippen LogP contribution in [0.3, 0.4) is 0 Å². The highest BCUT2D eigenvalue weighted by Gasteiger charge is 2.27. The number of unbranched alkanes of at least 4 members (excludes halogenated alkanes) is 22. The Morgan fingerprint density at radius 2 is 1.13 bits per heavy atom. The average molecular weight is 690 g/mol. The second-order valence-electron chi connectivity index (χ2n) is 14.7. The Bertz CT molecular complexity index is 789. The fourth-order valence-electron chi connectivity index (χ4n) is 5.57. The molecule has 1 amide bonds. The number of aliphatic hydroxyl groups excluding tert-OH is 1. The lowest BCUT2D eigenvalue weighted by molar-refractivity contribution is -0.870. The maximum atomic E-state index is 12.6. The highest BCUT2D eigenvalue weighted by Crippen LogP contribution is 2.43. The summed E-state index contributed by atoms with van der Waals surface area (Å²) in [6.45, 7) is 4.72. The molecule has 0 fully saturated rings. The SMILES string of the molecule is CCCCCCCCCCCCCCCCCCCC/C=C/C(O)C(COP(=O)(O)OCC[N+](C)(C)C)NC(=O)CCCCCCC. The third kappa shape index (κ3) is 33.5. The van der Waals surface area contributed by atoms with Crippen molar-refractivity contribution in [1.29, 1.82) is 0 Å². The third-order valence-corrected chi connectivity index (χ3v) is 9.74. The van der Waals surface area contributed by atoms with Crippen LogP contribution < -0.4 is 5.32 Å². The molecule has 47 heavy (non-hydrogen) atoms. The number of rotatable bonds is 35. The number of hydrogen-bond donors (Lipinski definition) is 3. The van der Waals surface area contributed by atoms with Crippen molar-refractivity contribution in [2.24, 2.45) is 0 Å². The Morgan fingerprint density at radius 3 is 1.57 bits per heavy atom. The molecule has 0 aliphatic carbocycles. The first-order chi connectivity index (χ1) is 22.5. The summed E-state index contributed by atoms with van der Waals surface area (Å²) < 4.78 is 23.3. The largest absolute Gasteiger partial charge is 0.472 e. The normalized spacial score (nSPS) is 14.8. The van der Waals surface area contributed by atoms with E-state index < -0.39 is 20.0 Å². The van der Waals surface area contributed by atoms with Crippen LogP contribution in [0.2, 0.25) is 0 Å². The Hall–Kier alpha value is -0.760. The van der Waals surface area contributed by atoms with Gasteiger partial charge in [0.2, 0.25) is 5.91 Å². The van der Waals surface area contributed by atoms with E-state index in [4.69, 9.17) is 9.05 Å². The van der Waals surface area contributed by atoms with Crippen LogP contribution in [0.25, 0.3) is 0 Å². The van der Waals surface area contributed by atoms with Gasteiger partial charge in [-0.2, -0.15) is 0 Å². The van der Waals surface area contributed by atoms with Crippen LogP contribution in [0.1, 0.15) is 174 Å². The number of phosphoric acid groups is 1. The molecule has 3 N–H and O–H groups in total. The van der Waals surface area contributed by atoms with Crippen LogP contribution in [0.15, 0.2) is 12.2 Å². The van der Waals surface area contributed by atoms with Gasteiger partial charge in [0.15, 0.2) is 0 Å². The Morgan fingerprint density at radius 1 is 0.702 bits per heavy atom. The standard InChI is InChI=1S/C38H77N2O6P/c1-6-8-10-12-13-14-15-16-17-18-19-20-21-22-23-24-25-26-28-29-31-37(41)36(39-38(42)32-30-27-11-9-7-2)35-46-47(43,44)45-34-33-40(3,4)5/h29,31,36-37,41H,6-28,30,32-35H2,1-5H3,(H-,39,42,43,44)/p+1/b31-29+. The van der Waals surface area contributed by atoms with E-state index in [0.717, 1.165) is 44.9 Å². The maximum absolute atomic E-state index is 12.6. The summed E-state index contributed by atoms with van der Waals surface area (Å²) in [7, 11) is 1.57. The number of nitrogens with zero attached hydrogens (tertiary/aromatic N) is 1. The van der Waals surface area contributed by atoms with Crippen molar-refractivity contribution in [3.63, 3.8) is 0 Å². The summed E-state index contributed by atoms with van der Waals surface area (Å²) in [5.74, 6) is -0.190. The lowest BCUT2D eigenvalue weighted by Crippen LogP contribution is -2.45. The quantitative estimate of drug-likeness (QED) is 0.0265. The van der Waals surface area contributed by atoms with Gasteiger partial charge in [0, 0.05) is 6.42 Å². The summed E-state index contributed by atoms with van der Waals surface area (Å²) in [6, 6.07) is -0.836. The van der Waals surface area contributed by atoms with Crippen LogP contribution in [0.4, 0.5) is 0 Å². The molecule has 0 aromatic carbocycles. The monoisotopic (exact) mass is 690 g/mol. The molecule has 0 bridgehead atoms. The molecule has 0 aromatic rings. The number of nitrogens with one attached hydrogen (secondary N) is 1. The molecule has 0 radical (unpaired) electrons. The van der Waals surface area contributed by atoms with Crippen molar-refractivity contribution >= 4 is 13.7 Å². The van der Waals surface area contributed by atoms with E-state index in [0.29, 0.717) is 17.4 Å². The number of phosphoric ester groups is 1. The number of carbonyl (C=O) groups is 1. The first kappa shape index (κ1) is 46.2. The van der Waals surface area contributed by atoms with Gasteiger partial charge >= 0.3 is 7.82 Å². The van der Waals surface area contributed by atoms with Crippen LogP contribution in [-0.4, -0.2) is 73.4 Å². The van der Waals surface area contributed by atoms with Gasteiger partial charge in [-0.15, -0.1) is 0 Å². The van der Waals surface area contributed by atoms with Gasteiger partial charge in [0.25, 0.3) is 0 Å². The van der Waals surface area contributed by atoms with Crippen LogP contribution in [0, 0.1) is 0 Å². The first-order valence-electron chi connectivity index (χ1n) is 19.6. The topological polar surface area (TPSA) is 105 Å². The summed E-state index contributed by atoms with van der Waals surface area (Å²) in [5, 5.41) is 13.7. The van der Waals surface area contributed by atoms with Gasteiger partial charge in [-0.3, -0.25) is 13.8 Å². The van der Waals surface area contributed by atoms with E-state index in [2.05, 4.69) is 19.2 Å². The molecule has 3 unspecified atom stereocenters. The average Bonchev–Trinajstić information content (AvgIpc) is 3.01. The zero-order chi connectivity index (χ0) is 35.1. The summed E-state index contributed by atoms with van der Waals surface area (Å²) in [6.07, 6.45) is 33.2. The lowest BCUT2D eigenvalue weighted by atomic mass is 10.0. The van der Waals surface area contributed by atoms with E-state index in [9.17, 15) is 19.4 Å². The molecule has 0 aromatic heterocycles. The van der Waals surface area contributed by atoms with Gasteiger partial charge in [0.1, 0.15) is 13.2 Å². The zero-order valence-corrected chi connectivity index (χ0v) is 32.4. The van der Waals surface area contributed by atoms with E-state index in [1.54, 1.807) is 6.08 Å². The molecule has 0 aliphatic rings. The minimum atomic E-state index is -4.31. The number of allylic oxidation sites excluding steroid dienone is 1.